The number of nitrogens with one attached hydrogen (secondary N) is 1. The van der Waals surface area contributed by atoms with Crippen LogP contribution in [0.15, 0.2) is 24.3 Å². The first-order valence-corrected chi connectivity index (χ1v) is 5.27. The first-order valence-electron chi connectivity index (χ1n) is 5.27. The van der Waals surface area contributed by atoms with Crippen LogP contribution in [-0.2, 0) is 4.79 Å². The Morgan fingerprint density at radius 2 is 2.00 bits per heavy atom. The van der Waals surface area contributed by atoms with Crippen LogP contribution in [0.3, 0.4) is 0 Å². The second-order valence-electron chi connectivity index (χ2n) is 3.64. The van der Waals surface area contributed by atoms with Crippen molar-refractivity contribution in [2.45, 2.75) is 0 Å². The standard InChI is InChI=1S/C12H13N5O/c13-4-6-17(7-5-14)9-12(18)16-11-3-1-2-10(15)8-11/h1-3,8H,6-7,9,15H2,(H,16,18). The van der Waals surface area contributed by atoms with Gasteiger partial charge in [0.25, 0.3) is 0 Å². The van der Waals surface area contributed by atoms with E-state index in [1.165, 1.54) is 4.90 Å². The maximum Gasteiger partial charge on any atom is 0.238 e. The molecule has 0 aliphatic rings. The van der Waals surface area contributed by atoms with Crippen molar-refractivity contribution in [1.82, 2.24) is 4.90 Å². The highest BCUT2D eigenvalue weighted by Crippen LogP contribution is 2.11. The van der Waals surface area contributed by atoms with Crippen molar-refractivity contribution in [3.63, 3.8) is 0 Å². The molecule has 1 amide bonds. The minimum Gasteiger partial charge on any atom is -0.399 e. The third kappa shape index (κ3) is 4.52. The zero-order chi connectivity index (χ0) is 13.4. The third-order valence-electron chi connectivity index (χ3n) is 2.13. The maximum absolute atomic E-state index is 11.7. The van der Waals surface area contributed by atoms with Gasteiger partial charge >= 0.3 is 0 Å². The maximum atomic E-state index is 11.7. The Balaban J connectivity index is 2.55. The molecule has 0 saturated carbocycles. The molecule has 0 spiro atoms. The number of anilines is 2. The van der Waals surface area contributed by atoms with Gasteiger partial charge in [0.2, 0.25) is 5.91 Å². The van der Waals surface area contributed by atoms with Gasteiger partial charge in [-0.05, 0) is 18.2 Å². The van der Waals surface area contributed by atoms with E-state index in [9.17, 15) is 4.79 Å². The van der Waals surface area contributed by atoms with Crippen LogP contribution in [0, 0.1) is 22.7 Å². The average Bonchev–Trinajstić information content (AvgIpc) is 2.29. The first kappa shape index (κ1) is 13.5. The van der Waals surface area contributed by atoms with Gasteiger partial charge in [0.1, 0.15) is 0 Å². The number of hydrogen-bond acceptors (Lipinski definition) is 5. The number of nitriles is 2. The molecule has 0 unspecified atom stereocenters. The van der Waals surface area contributed by atoms with Gasteiger partial charge in [-0.1, -0.05) is 6.07 Å². The fourth-order valence-corrected chi connectivity index (χ4v) is 1.39. The summed E-state index contributed by atoms with van der Waals surface area (Å²) in [5, 5.41) is 19.8. The molecule has 92 valence electrons. The number of nitrogen functional groups attached to an aromatic ring is 1. The van der Waals surface area contributed by atoms with E-state index < -0.39 is 0 Å². The average molecular weight is 243 g/mol. The van der Waals surface area contributed by atoms with E-state index >= 15 is 0 Å². The SMILES string of the molecule is N#CCN(CC#N)CC(=O)Nc1cccc(N)c1. The summed E-state index contributed by atoms with van der Waals surface area (Å²) in [6.07, 6.45) is 0. The number of carbonyl (C=O) groups is 1. The number of nitrogens with two attached hydrogens (primary N) is 1. The molecule has 0 heterocycles. The number of rotatable bonds is 5. The minimum absolute atomic E-state index is 0.00405. The second-order valence-corrected chi connectivity index (χ2v) is 3.64. The van der Waals surface area contributed by atoms with Crippen molar-refractivity contribution >= 4 is 17.3 Å². The highest BCUT2D eigenvalue weighted by atomic mass is 16.2. The van der Waals surface area contributed by atoms with Crippen molar-refractivity contribution in [3.8, 4) is 12.1 Å². The largest absolute Gasteiger partial charge is 0.399 e. The van der Waals surface area contributed by atoms with Crippen LogP contribution >= 0.6 is 0 Å². The fraction of sp³-hybridized carbons (Fsp3) is 0.250. The molecular weight excluding hydrogens is 230 g/mol. The topological polar surface area (TPSA) is 106 Å². The third-order valence-corrected chi connectivity index (χ3v) is 2.13. The minimum atomic E-state index is -0.286. The highest BCUT2D eigenvalue weighted by molar-refractivity contribution is 5.92. The highest BCUT2D eigenvalue weighted by Gasteiger charge is 2.10. The summed E-state index contributed by atoms with van der Waals surface area (Å²) in [5.41, 5.74) is 6.73. The quantitative estimate of drug-likeness (QED) is 0.580. The van der Waals surface area contributed by atoms with Gasteiger partial charge in [0.05, 0.1) is 31.8 Å². The van der Waals surface area contributed by atoms with Gasteiger partial charge < -0.3 is 11.1 Å². The normalized spacial score (nSPS) is 9.50. The van der Waals surface area contributed by atoms with Crippen molar-refractivity contribution in [2.24, 2.45) is 0 Å². The lowest BCUT2D eigenvalue weighted by Gasteiger charge is -2.14. The van der Waals surface area contributed by atoms with Crippen LogP contribution in [0.5, 0.6) is 0 Å². The molecule has 0 atom stereocenters. The number of carbonyl (C=O) groups excluding carboxylic acids is 1. The van der Waals surface area contributed by atoms with E-state index in [2.05, 4.69) is 5.32 Å². The molecular formula is C12H13N5O. The number of hydrogen-bond donors (Lipinski definition) is 2. The summed E-state index contributed by atoms with van der Waals surface area (Å²) in [6.45, 7) is 0.0751. The molecule has 0 fully saturated rings. The summed E-state index contributed by atoms with van der Waals surface area (Å²) in [7, 11) is 0. The Labute approximate surface area is 105 Å². The second kappa shape index (κ2) is 6.89. The van der Waals surface area contributed by atoms with E-state index in [1.807, 2.05) is 12.1 Å². The van der Waals surface area contributed by atoms with Crippen LogP contribution in [0.1, 0.15) is 0 Å². The number of benzene rings is 1. The van der Waals surface area contributed by atoms with Crippen molar-refractivity contribution < 1.29 is 4.79 Å². The van der Waals surface area contributed by atoms with Crippen molar-refractivity contribution in [2.75, 3.05) is 30.7 Å². The summed E-state index contributed by atoms with van der Waals surface area (Å²) < 4.78 is 0. The Bertz CT molecular complexity index is 484. The molecule has 6 heteroatoms. The van der Waals surface area contributed by atoms with Crippen molar-refractivity contribution in [3.05, 3.63) is 24.3 Å². The Morgan fingerprint density at radius 3 is 2.56 bits per heavy atom. The lowest BCUT2D eigenvalue weighted by Crippen LogP contribution is -2.33. The molecule has 0 aliphatic heterocycles. The molecule has 18 heavy (non-hydrogen) atoms. The molecule has 1 aromatic carbocycles. The molecule has 1 aromatic rings. The molecule has 0 aliphatic carbocycles. The van der Waals surface area contributed by atoms with Crippen LogP contribution in [0.4, 0.5) is 11.4 Å². The summed E-state index contributed by atoms with van der Waals surface area (Å²) >= 11 is 0. The molecule has 0 aromatic heterocycles. The van der Waals surface area contributed by atoms with Gasteiger partial charge in [-0.25, -0.2) is 0 Å². The number of nitrogens with zero attached hydrogens (tertiary/aromatic N) is 3. The predicted molar refractivity (Wildman–Crippen MR) is 67.2 cm³/mol. The zero-order valence-corrected chi connectivity index (χ0v) is 9.76. The Kier molecular flexibility index (Phi) is 5.17. The van der Waals surface area contributed by atoms with E-state index in [4.69, 9.17) is 16.3 Å². The molecule has 3 N–H and O–H groups in total. The lowest BCUT2D eigenvalue weighted by molar-refractivity contribution is -0.117. The molecule has 0 saturated heterocycles. The van der Waals surface area contributed by atoms with Crippen LogP contribution in [0.2, 0.25) is 0 Å². The summed E-state index contributed by atoms with van der Waals surface area (Å²) in [5.74, 6) is -0.286. The van der Waals surface area contributed by atoms with Crippen molar-refractivity contribution in [1.29, 1.82) is 10.5 Å². The van der Waals surface area contributed by atoms with E-state index in [0.717, 1.165) is 0 Å². The zero-order valence-electron chi connectivity index (χ0n) is 9.76. The monoisotopic (exact) mass is 243 g/mol. The van der Waals surface area contributed by atoms with Gasteiger partial charge in [0, 0.05) is 11.4 Å². The summed E-state index contributed by atoms with van der Waals surface area (Å²) in [6, 6.07) is 10.6. The Morgan fingerprint density at radius 1 is 1.33 bits per heavy atom. The fourth-order valence-electron chi connectivity index (χ4n) is 1.39. The summed E-state index contributed by atoms with van der Waals surface area (Å²) in [4.78, 5) is 13.1. The van der Waals surface area contributed by atoms with Gasteiger partial charge in [-0.3, -0.25) is 9.69 Å². The lowest BCUT2D eigenvalue weighted by atomic mass is 10.3. The van der Waals surface area contributed by atoms with E-state index in [0.29, 0.717) is 11.4 Å². The first-order chi connectivity index (χ1) is 8.65. The van der Waals surface area contributed by atoms with Crippen LogP contribution in [-0.4, -0.2) is 30.4 Å². The van der Waals surface area contributed by atoms with Gasteiger partial charge in [0.15, 0.2) is 0 Å². The predicted octanol–water partition coefficient (Wildman–Crippen LogP) is 0.556. The van der Waals surface area contributed by atoms with Crippen LogP contribution in [0.25, 0.3) is 0 Å². The van der Waals surface area contributed by atoms with Crippen LogP contribution < -0.4 is 11.1 Å². The molecule has 0 bridgehead atoms. The molecule has 6 nitrogen and oxygen atoms in total. The Hall–Kier alpha value is -2.57. The van der Waals surface area contributed by atoms with Gasteiger partial charge in [-0.15, -0.1) is 0 Å². The molecule has 1 rings (SSSR count). The smallest absolute Gasteiger partial charge is 0.238 e. The van der Waals surface area contributed by atoms with Gasteiger partial charge in [-0.2, -0.15) is 10.5 Å². The number of amides is 1. The van der Waals surface area contributed by atoms with E-state index in [-0.39, 0.29) is 25.5 Å². The molecule has 0 radical (unpaired) electrons. The van der Waals surface area contributed by atoms with E-state index in [1.54, 1.807) is 24.3 Å².